The number of hydrogen-bond acceptors (Lipinski definition) is 3. The summed E-state index contributed by atoms with van der Waals surface area (Å²) in [4.78, 5) is 0. The lowest BCUT2D eigenvalue weighted by atomic mass is 9.82. The topological polar surface area (TPSA) is 35.5 Å². The molecule has 0 amide bonds. The van der Waals surface area contributed by atoms with Gasteiger partial charge in [0, 0.05) is 33.5 Å². The van der Waals surface area contributed by atoms with Gasteiger partial charge in [0.05, 0.1) is 0 Å². The minimum Gasteiger partial charge on any atom is -0.403 e. The summed E-state index contributed by atoms with van der Waals surface area (Å²) in [6, 6.07) is 30.4. The highest BCUT2D eigenvalue weighted by Crippen LogP contribution is 2.65. The van der Waals surface area contributed by atoms with Crippen molar-refractivity contribution in [2.45, 2.75) is 80.1 Å². The minimum atomic E-state index is -4.20. The number of fused-ring (bicyclic) bond motifs is 7. The zero-order valence-corrected chi connectivity index (χ0v) is 31.0. The fourth-order valence-electron chi connectivity index (χ4n) is 7.85. The molecule has 0 aliphatic carbocycles. The molecule has 1 aliphatic heterocycles. The van der Waals surface area contributed by atoms with Crippen molar-refractivity contribution < 1.29 is 13.6 Å². The second-order valence-corrected chi connectivity index (χ2v) is 15.5. The van der Waals surface area contributed by atoms with E-state index in [1.807, 2.05) is 0 Å². The first kappa shape index (κ1) is 33.5. The first-order chi connectivity index (χ1) is 23.7. The molecular weight excluding hydrogens is 643 g/mol. The molecule has 5 heteroatoms. The fraction of sp³-hybridized carbons (Fsp3) is 0.273. The van der Waals surface area contributed by atoms with E-state index in [1.165, 1.54) is 33.4 Å². The van der Waals surface area contributed by atoms with Crippen LogP contribution in [0.3, 0.4) is 0 Å². The summed E-state index contributed by atoms with van der Waals surface area (Å²) in [6.07, 6.45) is 5.32. The Bertz CT molecular complexity index is 2090. The van der Waals surface area contributed by atoms with Crippen molar-refractivity contribution in [1.29, 1.82) is 0 Å². The molecule has 7 rings (SSSR count). The first-order valence-corrected chi connectivity index (χ1v) is 20.3. The quantitative estimate of drug-likeness (QED) is 0.150. The molecule has 0 saturated carbocycles. The lowest BCUT2D eigenvalue weighted by Gasteiger charge is -2.22. The van der Waals surface area contributed by atoms with Crippen molar-refractivity contribution in [2.75, 3.05) is 0 Å². The summed E-state index contributed by atoms with van der Waals surface area (Å²) in [5.41, 5.74) is 13.3. The van der Waals surface area contributed by atoms with Crippen molar-refractivity contribution in [3.8, 4) is 44.9 Å². The second-order valence-electron chi connectivity index (χ2n) is 13.0. The summed E-state index contributed by atoms with van der Waals surface area (Å²) in [5, 5.41) is 4.15. The van der Waals surface area contributed by atoms with Crippen molar-refractivity contribution in [3.05, 3.63) is 118 Å². The van der Waals surface area contributed by atoms with Gasteiger partial charge in [-0.25, -0.2) is 4.57 Å². The van der Waals surface area contributed by atoms with E-state index in [4.69, 9.17) is 20.3 Å². The van der Waals surface area contributed by atoms with Crippen molar-refractivity contribution in [1.82, 2.24) is 0 Å². The van der Waals surface area contributed by atoms with Gasteiger partial charge < -0.3 is 9.05 Å². The van der Waals surface area contributed by atoms with Crippen molar-refractivity contribution in [2.24, 2.45) is 0 Å². The van der Waals surface area contributed by atoms with Gasteiger partial charge in [-0.1, -0.05) is 114 Å². The first-order valence-electron chi connectivity index (χ1n) is 17.9. The molecule has 6 aromatic carbocycles. The van der Waals surface area contributed by atoms with E-state index < -0.39 is 6.95 Å². The van der Waals surface area contributed by atoms with E-state index in [0.717, 1.165) is 93.5 Å². The van der Waals surface area contributed by atoms with Gasteiger partial charge in [-0.3, -0.25) is 0 Å². The summed E-state index contributed by atoms with van der Waals surface area (Å²) in [7, 11) is 0. The van der Waals surface area contributed by atoms with Gasteiger partial charge in [0.1, 0.15) is 11.5 Å². The Hall–Kier alpha value is -4.04. The molecule has 0 aromatic heterocycles. The molecule has 1 aliphatic rings. The van der Waals surface area contributed by atoms with Gasteiger partial charge in [0.2, 0.25) is 0 Å². The van der Waals surface area contributed by atoms with E-state index >= 15 is 0 Å². The molecule has 3 nitrogen and oxygen atoms in total. The number of halogens is 1. The minimum absolute atomic E-state index is 0.513. The Morgan fingerprint density at radius 2 is 0.837 bits per heavy atom. The summed E-state index contributed by atoms with van der Waals surface area (Å²) in [6.45, 7) is 8.99. The Morgan fingerprint density at radius 1 is 0.490 bits per heavy atom. The number of hydrogen-bond donors (Lipinski definition) is 0. The van der Waals surface area contributed by atoms with E-state index in [-0.39, 0.29) is 0 Å². The normalized spacial score (nSPS) is 13.4. The highest BCUT2D eigenvalue weighted by molar-refractivity contribution is 7.82. The van der Waals surface area contributed by atoms with Crippen LogP contribution in [0.15, 0.2) is 84.9 Å². The lowest BCUT2D eigenvalue weighted by Crippen LogP contribution is -2.01. The molecule has 0 radical (unpaired) electrons. The Balaban J connectivity index is 1.71. The van der Waals surface area contributed by atoms with Gasteiger partial charge >= 0.3 is 6.95 Å². The maximum absolute atomic E-state index is 14.6. The predicted molar refractivity (Wildman–Crippen MR) is 209 cm³/mol. The lowest BCUT2D eigenvalue weighted by molar-refractivity contribution is 0.413. The van der Waals surface area contributed by atoms with E-state index in [1.54, 1.807) is 0 Å². The average molecular weight is 687 g/mol. The third-order valence-corrected chi connectivity index (χ3v) is 11.5. The molecule has 1 heterocycles. The number of benzene rings is 6. The molecular formula is C44H44ClO3P. The van der Waals surface area contributed by atoms with Crippen LogP contribution in [0.5, 0.6) is 11.5 Å². The largest absolute Gasteiger partial charge is 0.530 e. The molecule has 49 heavy (non-hydrogen) atoms. The Morgan fingerprint density at radius 3 is 1.16 bits per heavy atom. The van der Waals surface area contributed by atoms with Crippen LogP contribution >= 0.6 is 18.2 Å². The predicted octanol–water partition coefficient (Wildman–Crippen LogP) is 13.5. The van der Waals surface area contributed by atoms with E-state index in [2.05, 4.69) is 126 Å². The number of aryl methyl sites for hydroxylation is 6. The van der Waals surface area contributed by atoms with Gasteiger partial charge in [-0.2, -0.15) is 0 Å². The molecule has 0 N–H and O–H groups in total. The Kier molecular flexibility index (Phi) is 9.11. The maximum atomic E-state index is 14.6. The number of rotatable bonds is 8. The van der Waals surface area contributed by atoms with Crippen LogP contribution in [0.1, 0.15) is 74.9 Å². The van der Waals surface area contributed by atoms with Gasteiger partial charge in [-0.05, 0) is 117 Å². The third kappa shape index (κ3) is 5.76. The molecule has 0 unspecified atom stereocenters. The zero-order chi connectivity index (χ0) is 34.4. The van der Waals surface area contributed by atoms with Crippen LogP contribution < -0.4 is 9.05 Å². The maximum Gasteiger partial charge on any atom is 0.530 e. The van der Waals surface area contributed by atoms with Crippen LogP contribution in [0.4, 0.5) is 0 Å². The highest BCUT2D eigenvalue weighted by atomic mass is 35.7. The zero-order valence-electron chi connectivity index (χ0n) is 29.4. The molecule has 0 atom stereocenters. The molecule has 0 spiro atoms. The second kappa shape index (κ2) is 13.3. The third-order valence-electron chi connectivity index (χ3n) is 10.3. The van der Waals surface area contributed by atoms with Crippen LogP contribution in [-0.2, 0) is 43.1 Å². The SMILES string of the molecule is CCc1cc(CC)c(-c2cc3ccccc3c3c2OP(=O)(Cl)Oc2c(-c4c(CC)cc(CC)cc4CC)cc4ccccc4c2-3)c(CC)c1. The van der Waals surface area contributed by atoms with E-state index in [9.17, 15) is 4.57 Å². The van der Waals surface area contributed by atoms with Crippen molar-refractivity contribution in [3.63, 3.8) is 0 Å². The van der Waals surface area contributed by atoms with Gasteiger partial charge in [0.15, 0.2) is 0 Å². The van der Waals surface area contributed by atoms with Crippen LogP contribution in [-0.4, -0.2) is 0 Å². The van der Waals surface area contributed by atoms with Crippen LogP contribution in [0.2, 0.25) is 0 Å². The molecule has 250 valence electrons. The monoisotopic (exact) mass is 686 g/mol. The van der Waals surface area contributed by atoms with Crippen LogP contribution in [0, 0.1) is 0 Å². The highest BCUT2D eigenvalue weighted by Gasteiger charge is 2.38. The van der Waals surface area contributed by atoms with Gasteiger partial charge in [-0.15, -0.1) is 0 Å². The van der Waals surface area contributed by atoms with Crippen molar-refractivity contribution >= 4 is 39.7 Å². The smallest absolute Gasteiger partial charge is 0.403 e. The molecule has 6 aromatic rings. The summed E-state index contributed by atoms with van der Waals surface area (Å²) >= 11 is 6.95. The van der Waals surface area contributed by atoms with E-state index in [0.29, 0.717) is 11.5 Å². The molecule has 0 bridgehead atoms. The fourth-order valence-corrected chi connectivity index (χ4v) is 9.11. The average Bonchev–Trinajstić information content (AvgIpc) is 3.26. The van der Waals surface area contributed by atoms with Gasteiger partial charge in [0.25, 0.3) is 0 Å². The Labute approximate surface area is 295 Å². The molecule has 0 saturated heterocycles. The summed E-state index contributed by atoms with van der Waals surface area (Å²) < 4.78 is 27.7. The standard InChI is InChI=1S/C44H44ClO3P/c1-7-27-21-29(9-3)39(30(10-4)22-27)37-25-33-17-13-15-19-35(33)41-42-36-20-16-14-18-34(36)26-38(44(42)48-49(45,46)47-43(37)41)40-31(11-5)23-28(8-2)24-32(40)12-6/h13-26H,7-12H2,1-6H3. The van der Waals surface area contributed by atoms with Crippen LogP contribution in [0.25, 0.3) is 54.9 Å². The molecule has 0 fully saturated rings. The summed E-state index contributed by atoms with van der Waals surface area (Å²) in [5.74, 6) is 1.03.